The molecule has 1 aromatic carbocycles. The van der Waals surface area contributed by atoms with Crippen LogP contribution in [0.3, 0.4) is 0 Å². The van der Waals surface area contributed by atoms with Gasteiger partial charge in [0.25, 0.3) is 0 Å². The van der Waals surface area contributed by atoms with E-state index in [0.29, 0.717) is 18.8 Å². The fraction of sp³-hybridized carbons (Fsp3) is 0.538. The number of benzene rings is 1. The Morgan fingerprint density at radius 3 is 2.47 bits per heavy atom. The lowest BCUT2D eigenvalue weighted by molar-refractivity contribution is 0.289. The second kappa shape index (κ2) is 6.88. The summed E-state index contributed by atoms with van der Waals surface area (Å²) in [6.45, 7) is 6.14. The van der Waals surface area contributed by atoms with Gasteiger partial charge >= 0.3 is 0 Å². The van der Waals surface area contributed by atoms with Crippen molar-refractivity contribution in [2.45, 2.75) is 32.1 Å². The first kappa shape index (κ1) is 15.9. The summed E-state index contributed by atoms with van der Waals surface area (Å²) in [6.07, 6.45) is 0.383. The number of ether oxygens (including phenoxy) is 1. The maximum Gasteiger partial charge on any atom is 0.244 e. The minimum atomic E-state index is -3.61. The van der Waals surface area contributed by atoms with E-state index in [1.54, 1.807) is 12.1 Å². The van der Waals surface area contributed by atoms with E-state index in [0.717, 1.165) is 11.1 Å². The van der Waals surface area contributed by atoms with Gasteiger partial charge in [0.05, 0.1) is 6.61 Å². The number of aryl methyl sites for hydroxylation is 2. The third-order valence-electron chi connectivity index (χ3n) is 2.78. The fourth-order valence-corrected chi connectivity index (χ4v) is 2.89. The van der Waals surface area contributed by atoms with Gasteiger partial charge in [0.1, 0.15) is 10.6 Å². The summed E-state index contributed by atoms with van der Waals surface area (Å²) < 4.78 is 32.2. The zero-order valence-corrected chi connectivity index (χ0v) is 12.4. The van der Waals surface area contributed by atoms with E-state index in [1.807, 2.05) is 20.8 Å². The normalized spacial score (nSPS) is 11.6. The average Bonchev–Trinajstić information content (AvgIpc) is 2.34. The Hall–Kier alpha value is -1.11. The number of rotatable bonds is 7. The van der Waals surface area contributed by atoms with E-state index < -0.39 is 10.0 Å². The summed E-state index contributed by atoms with van der Waals surface area (Å²) in [7, 11) is -3.61. The van der Waals surface area contributed by atoms with Crippen LogP contribution in [-0.4, -0.2) is 33.3 Å². The van der Waals surface area contributed by atoms with Crippen LogP contribution in [0.15, 0.2) is 17.0 Å². The smallest absolute Gasteiger partial charge is 0.244 e. The van der Waals surface area contributed by atoms with Gasteiger partial charge in [-0.1, -0.05) is 0 Å². The monoisotopic (exact) mass is 287 g/mol. The van der Waals surface area contributed by atoms with E-state index in [-0.39, 0.29) is 18.0 Å². The van der Waals surface area contributed by atoms with Gasteiger partial charge in [-0.3, -0.25) is 0 Å². The second-order valence-corrected chi connectivity index (χ2v) is 6.03. The predicted octanol–water partition coefficient (Wildman–Crippen LogP) is 1.36. The predicted molar refractivity (Wildman–Crippen MR) is 74.0 cm³/mol. The standard InChI is InChI=1S/C13H21NO4S/c1-4-18-12-8-10(2)11(3)9-13(12)19(16,17)14-6-5-7-15/h8-9,14-15H,4-7H2,1-3H3. The van der Waals surface area contributed by atoms with E-state index in [4.69, 9.17) is 9.84 Å². The van der Waals surface area contributed by atoms with Crippen LogP contribution in [0, 0.1) is 13.8 Å². The maximum atomic E-state index is 12.2. The molecule has 0 spiro atoms. The highest BCUT2D eigenvalue weighted by atomic mass is 32.2. The number of nitrogens with one attached hydrogen (secondary N) is 1. The second-order valence-electron chi connectivity index (χ2n) is 4.29. The van der Waals surface area contributed by atoms with Crippen molar-refractivity contribution in [3.8, 4) is 5.75 Å². The van der Waals surface area contributed by atoms with Crippen LogP contribution in [-0.2, 0) is 10.0 Å². The molecule has 0 aliphatic carbocycles. The molecule has 0 amide bonds. The van der Waals surface area contributed by atoms with Crippen molar-refractivity contribution in [2.75, 3.05) is 19.8 Å². The zero-order valence-electron chi connectivity index (χ0n) is 11.6. The molecule has 0 aliphatic rings. The molecule has 6 heteroatoms. The summed E-state index contributed by atoms with van der Waals surface area (Å²) in [5.74, 6) is 0.363. The summed E-state index contributed by atoms with van der Waals surface area (Å²) in [5, 5.41) is 8.69. The molecular weight excluding hydrogens is 266 g/mol. The largest absolute Gasteiger partial charge is 0.492 e. The van der Waals surface area contributed by atoms with Crippen molar-refractivity contribution in [2.24, 2.45) is 0 Å². The van der Waals surface area contributed by atoms with Crippen LogP contribution in [0.5, 0.6) is 5.75 Å². The Labute approximate surface area is 114 Å². The molecule has 0 saturated carbocycles. The van der Waals surface area contributed by atoms with Crippen LogP contribution in [0.2, 0.25) is 0 Å². The molecule has 1 rings (SSSR count). The Balaban J connectivity index is 3.12. The third-order valence-corrected chi connectivity index (χ3v) is 4.26. The first-order chi connectivity index (χ1) is 8.92. The molecule has 108 valence electrons. The Kier molecular flexibility index (Phi) is 5.78. The van der Waals surface area contributed by atoms with Gasteiger partial charge < -0.3 is 9.84 Å². The van der Waals surface area contributed by atoms with E-state index in [9.17, 15) is 8.42 Å². The molecule has 5 nitrogen and oxygen atoms in total. The number of aliphatic hydroxyl groups is 1. The van der Waals surface area contributed by atoms with Crippen LogP contribution in [0.25, 0.3) is 0 Å². The number of hydrogen-bond donors (Lipinski definition) is 2. The van der Waals surface area contributed by atoms with Crippen LogP contribution in [0.4, 0.5) is 0 Å². The number of sulfonamides is 1. The molecule has 0 aliphatic heterocycles. The highest BCUT2D eigenvalue weighted by Gasteiger charge is 2.20. The molecule has 0 radical (unpaired) electrons. The van der Waals surface area contributed by atoms with Crippen molar-refractivity contribution in [1.29, 1.82) is 0 Å². The summed E-state index contributed by atoms with van der Waals surface area (Å²) >= 11 is 0. The highest BCUT2D eigenvalue weighted by Crippen LogP contribution is 2.27. The molecule has 0 bridgehead atoms. The molecule has 0 aromatic heterocycles. The molecule has 0 unspecified atom stereocenters. The van der Waals surface area contributed by atoms with Crippen LogP contribution in [0.1, 0.15) is 24.5 Å². The maximum absolute atomic E-state index is 12.2. The zero-order chi connectivity index (χ0) is 14.5. The van der Waals surface area contributed by atoms with Crippen molar-refractivity contribution >= 4 is 10.0 Å². The van der Waals surface area contributed by atoms with Gasteiger partial charge in [-0.25, -0.2) is 13.1 Å². The first-order valence-corrected chi connectivity index (χ1v) is 7.75. The fourth-order valence-electron chi connectivity index (χ4n) is 1.60. The Morgan fingerprint density at radius 2 is 1.89 bits per heavy atom. The van der Waals surface area contributed by atoms with Gasteiger partial charge in [-0.05, 0) is 50.5 Å². The molecule has 0 saturated heterocycles. The van der Waals surface area contributed by atoms with Crippen LogP contribution < -0.4 is 9.46 Å². The highest BCUT2D eigenvalue weighted by molar-refractivity contribution is 7.89. The van der Waals surface area contributed by atoms with Gasteiger partial charge in [0.2, 0.25) is 10.0 Å². The quantitative estimate of drug-likeness (QED) is 0.743. The molecular formula is C13H21NO4S. The average molecular weight is 287 g/mol. The SMILES string of the molecule is CCOc1cc(C)c(C)cc1S(=O)(=O)NCCCO. The van der Waals surface area contributed by atoms with Crippen molar-refractivity contribution in [3.63, 3.8) is 0 Å². The minimum absolute atomic E-state index is 0.0479. The molecule has 0 atom stereocenters. The van der Waals surface area contributed by atoms with Crippen molar-refractivity contribution in [1.82, 2.24) is 4.72 Å². The molecule has 1 aromatic rings. The van der Waals surface area contributed by atoms with Crippen molar-refractivity contribution in [3.05, 3.63) is 23.3 Å². The lowest BCUT2D eigenvalue weighted by Crippen LogP contribution is -2.26. The van der Waals surface area contributed by atoms with Gasteiger partial charge in [-0.2, -0.15) is 0 Å². The first-order valence-electron chi connectivity index (χ1n) is 6.27. The third kappa shape index (κ3) is 4.19. The summed E-state index contributed by atoms with van der Waals surface area (Å²) in [6, 6.07) is 3.35. The lowest BCUT2D eigenvalue weighted by atomic mass is 10.1. The van der Waals surface area contributed by atoms with E-state index >= 15 is 0 Å². The number of aliphatic hydroxyl groups excluding tert-OH is 1. The van der Waals surface area contributed by atoms with E-state index in [1.165, 1.54) is 0 Å². The molecule has 19 heavy (non-hydrogen) atoms. The molecule has 0 fully saturated rings. The van der Waals surface area contributed by atoms with Crippen molar-refractivity contribution < 1.29 is 18.3 Å². The number of hydrogen-bond acceptors (Lipinski definition) is 4. The van der Waals surface area contributed by atoms with Gasteiger partial charge in [0.15, 0.2) is 0 Å². The van der Waals surface area contributed by atoms with E-state index in [2.05, 4.69) is 4.72 Å². The Bertz CT molecular complexity index is 526. The minimum Gasteiger partial charge on any atom is -0.492 e. The Morgan fingerprint density at radius 1 is 1.26 bits per heavy atom. The van der Waals surface area contributed by atoms with Gasteiger partial charge in [0, 0.05) is 13.2 Å². The summed E-state index contributed by atoms with van der Waals surface area (Å²) in [4.78, 5) is 0.149. The van der Waals surface area contributed by atoms with Gasteiger partial charge in [-0.15, -0.1) is 0 Å². The molecule has 0 heterocycles. The summed E-state index contributed by atoms with van der Waals surface area (Å²) in [5.41, 5.74) is 1.88. The topological polar surface area (TPSA) is 75.6 Å². The lowest BCUT2D eigenvalue weighted by Gasteiger charge is -2.14. The molecule has 2 N–H and O–H groups in total. The van der Waals surface area contributed by atoms with Crippen LogP contribution >= 0.6 is 0 Å².